The minimum absolute atomic E-state index is 0.397. The van der Waals surface area contributed by atoms with Crippen LogP contribution in [0, 0.1) is 5.92 Å². The third-order valence-corrected chi connectivity index (χ3v) is 4.81. The Morgan fingerprint density at radius 3 is 2.95 bits per heavy atom. The van der Waals surface area contributed by atoms with Gasteiger partial charge in [-0.25, -0.2) is 4.68 Å². The normalized spacial score (nSPS) is 22.4. The van der Waals surface area contributed by atoms with E-state index in [0.717, 1.165) is 34.6 Å². The number of aromatic nitrogens is 4. The maximum absolute atomic E-state index is 5.93. The first-order valence-electron chi connectivity index (χ1n) is 7.51. The summed E-state index contributed by atoms with van der Waals surface area (Å²) in [6.45, 7) is 2.27. The fraction of sp³-hybridized carbons (Fsp3) is 0.533. The monoisotopic (exact) mass is 349 g/mol. The molecule has 2 aromatic rings. The summed E-state index contributed by atoms with van der Waals surface area (Å²) >= 11 is 3.48. The fourth-order valence-electron chi connectivity index (χ4n) is 3.23. The van der Waals surface area contributed by atoms with Crippen LogP contribution in [-0.2, 0) is 0 Å². The molecule has 0 aliphatic heterocycles. The zero-order valence-electron chi connectivity index (χ0n) is 12.2. The van der Waals surface area contributed by atoms with Crippen molar-refractivity contribution in [1.82, 2.24) is 20.2 Å². The predicted molar refractivity (Wildman–Crippen MR) is 86.7 cm³/mol. The number of tetrazole rings is 1. The summed E-state index contributed by atoms with van der Waals surface area (Å²) in [4.78, 5) is 0. The molecule has 1 saturated carbocycles. The molecule has 2 unspecified atom stereocenters. The average Bonchev–Trinajstić information content (AvgIpc) is 2.96. The molecule has 1 fully saturated rings. The van der Waals surface area contributed by atoms with Crippen molar-refractivity contribution in [3.63, 3.8) is 0 Å². The van der Waals surface area contributed by atoms with E-state index >= 15 is 0 Å². The van der Waals surface area contributed by atoms with E-state index in [1.807, 2.05) is 22.9 Å². The molecule has 21 heavy (non-hydrogen) atoms. The summed E-state index contributed by atoms with van der Waals surface area (Å²) in [7, 11) is 0. The lowest BCUT2D eigenvalue weighted by atomic mass is 9.84. The number of benzene rings is 1. The van der Waals surface area contributed by atoms with Crippen molar-refractivity contribution in [3.8, 4) is 11.4 Å². The summed E-state index contributed by atoms with van der Waals surface area (Å²) < 4.78 is 2.94. The highest BCUT2D eigenvalue weighted by atomic mass is 79.9. The van der Waals surface area contributed by atoms with Gasteiger partial charge >= 0.3 is 0 Å². The van der Waals surface area contributed by atoms with Crippen LogP contribution in [0.2, 0.25) is 0 Å². The van der Waals surface area contributed by atoms with E-state index in [9.17, 15) is 0 Å². The smallest absolute Gasteiger partial charge is 0.182 e. The van der Waals surface area contributed by atoms with Gasteiger partial charge < -0.3 is 5.73 Å². The molecule has 1 aliphatic carbocycles. The first-order chi connectivity index (χ1) is 10.2. The van der Waals surface area contributed by atoms with E-state index in [4.69, 9.17) is 5.73 Å². The molecule has 0 radical (unpaired) electrons. The van der Waals surface area contributed by atoms with Crippen LogP contribution < -0.4 is 5.73 Å². The van der Waals surface area contributed by atoms with Gasteiger partial charge in [0.2, 0.25) is 0 Å². The lowest BCUT2D eigenvalue weighted by Gasteiger charge is -2.28. The molecule has 2 N–H and O–H groups in total. The van der Waals surface area contributed by atoms with Gasteiger partial charge in [-0.05, 0) is 47.4 Å². The molecule has 3 rings (SSSR count). The molecular formula is C15H20BrN5. The summed E-state index contributed by atoms with van der Waals surface area (Å²) in [5.41, 5.74) is 7.61. The van der Waals surface area contributed by atoms with Crippen LogP contribution in [-0.4, -0.2) is 20.2 Å². The molecule has 1 heterocycles. The number of nitrogen functional groups attached to an aromatic ring is 1. The molecule has 2 atom stereocenters. The minimum atomic E-state index is 0.397. The maximum Gasteiger partial charge on any atom is 0.182 e. The Hall–Kier alpha value is -1.43. The summed E-state index contributed by atoms with van der Waals surface area (Å²) in [6, 6.07) is 6.21. The molecule has 0 spiro atoms. The van der Waals surface area contributed by atoms with Gasteiger partial charge in [0.05, 0.1) is 6.04 Å². The zero-order valence-corrected chi connectivity index (χ0v) is 13.8. The Bertz CT molecular complexity index is 604. The lowest BCUT2D eigenvalue weighted by Crippen LogP contribution is -2.20. The second-order valence-electron chi connectivity index (χ2n) is 5.82. The van der Waals surface area contributed by atoms with Crippen LogP contribution in [0.25, 0.3) is 11.4 Å². The number of rotatable bonds is 3. The number of hydrogen-bond donors (Lipinski definition) is 1. The zero-order chi connectivity index (χ0) is 14.8. The van der Waals surface area contributed by atoms with Crippen molar-refractivity contribution in [2.24, 2.45) is 5.92 Å². The Balaban J connectivity index is 1.93. The third kappa shape index (κ3) is 3.10. The van der Waals surface area contributed by atoms with Gasteiger partial charge in [-0.3, -0.25) is 0 Å². The maximum atomic E-state index is 5.93. The van der Waals surface area contributed by atoms with Gasteiger partial charge in [0.15, 0.2) is 5.82 Å². The second-order valence-corrected chi connectivity index (χ2v) is 6.73. The van der Waals surface area contributed by atoms with Crippen molar-refractivity contribution >= 4 is 21.6 Å². The van der Waals surface area contributed by atoms with E-state index in [2.05, 4.69) is 38.4 Å². The Morgan fingerprint density at radius 2 is 2.19 bits per heavy atom. The number of nitrogens with two attached hydrogens (primary N) is 1. The highest BCUT2D eigenvalue weighted by Crippen LogP contribution is 2.36. The van der Waals surface area contributed by atoms with E-state index < -0.39 is 0 Å². The first-order valence-corrected chi connectivity index (χ1v) is 8.31. The van der Waals surface area contributed by atoms with Crippen LogP contribution in [0.15, 0.2) is 22.7 Å². The van der Waals surface area contributed by atoms with Gasteiger partial charge in [0, 0.05) is 15.7 Å². The van der Waals surface area contributed by atoms with Crippen molar-refractivity contribution in [1.29, 1.82) is 0 Å². The molecule has 1 aromatic heterocycles. The van der Waals surface area contributed by atoms with E-state index in [-0.39, 0.29) is 0 Å². The number of nitrogens with zero attached hydrogens (tertiary/aromatic N) is 4. The van der Waals surface area contributed by atoms with Gasteiger partial charge in [-0.15, -0.1) is 5.10 Å². The minimum Gasteiger partial charge on any atom is -0.399 e. The van der Waals surface area contributed by atoms with Crippen LogP contribution >= 0.6 is 15.9 Å². The number of halogens is 1. The van der Waals surface area contributed by atoms with E-state index in [0.29, 0.717) is 11.7 Å². The first kappa shape index (κ1) is 14.5. The molecule has 5 nitrogen and oxygen atoms in total. The Labute approximate surface area is 133 Å². The fourth-order valence-corrected chi connectivity index (χ4v) is 3.74. The largest absolute Gasteiger partial charge is 0.399 e. The standard InChI is InChI=1S/C15H20BrN5/c1-2-10-4-3-5-14(6-10)21-15(18-19-20-21)11-7-12(16)9-13(17)8-11/h7-10,14H,2-6,17H2,1H3. The topological polar surface area (TPSA) is 69.6 Å². The van der Waals surface area contributed by atoms with Crippen LogP contribution in [0.1, 0.15) is 45.1 Å². The van der Waals surface area contributed by atoms with Crippen LogP contribution in [0.4, 0.5) is 5.69 Å². The molecule has 112 valence electrons. The highest BCUT2D eigenvalue weighted by molar-refractivity contribution is 9.10. The summed E-state index contributed by atoms with van der Waals surface area (Å²) in [5.74, 6) is 1.60. The molecular weight excluding hydrogens is 330 g/mol. The predicted octanol–water partition coefficient (Wildman–Crippen LogP) is 3.83. The van der Waals surface area contributed by atoms with Crippen LogP contribution in [0.5, 0.6) is 0 Å². The van der Waals surface area contributed by atoms with Crippen molar-refractivity contribution < 1.29 is 0 Å². The van der Waals surface area contributed by atoms with Crippen molar-refractivity contribution in [3.05, 3.63) is 22.7 Å². The molecule has 0 saturated heterocycles. The molecule has 1 aliphatic rings. The SMILES string of the molecule is CCC1CCCC(n2nnnc2-c2cc(N)cc(Br)c2)C1. The quantitative estimate of drug-likeness (QED) is 0.855. The van der Waals surface area contributed by atoms with Gasteiger partial charge in [-0.1, -0.05) is 42.1 Å². The number of anilines is 1. The summed E-state index contributed by atoms with van der Waals surface area (Å²) in [5, 5.41) is 12.4. The van der Waals surface area contributed by atoms with Gasteiger partial charge in [-0.2, -0.15) is 0 Å². The van der Waals surface area contributed by atoms with Crippen molar-refractivity contribution in [2.45, 2.75) is 45.1 Å². The van der Waals surface area contributed by atoms with E-state index in [1.54, 1.807) is 0 Å². The Kier molecular flexibility index (Phi) is 4.24. The van der Waals surface area contributed by atoms with E-state index in [1.165, 1.54) is 19.3 Å². The van der Waals surface area contributed by atoms with Gasteiger partial charge in [0.1, 0.15) is 0 Å². The van der Waals surface area contributed by atoms with Gasteiger partial charge in [0.25, 0.3) is 0 Å². The molecule has 1 aromatic carbocycles. The Morgan fingerprint density at radius 1 is 1.33 bits per heavy atom. The number of hydrogen-bond acceptors (Lipinski definition) is 4. The third-order valence-electron chi connectivity index (χ3n) is 4.35. The van der Waals surface area contributed by atoms with Crippen LogP contribution in [0.3, 0.4) is 0 Å². The summed E-state index contributed by atoms with van der Waals surface area (Å²) in [6.07, 6.45) is 6.13. The molecule has 0 amide bonds. The second kappa shape index (κ2) is 6.13. The molecule has 0 bridgehead atoms. The highest BCUT2D eigenvalue weighted by Gasteiger charge is 2.25. The van der Waals surface area contributed by atoms with Crippen molar-refractivity contribution in [2.75, 3.05) is 5.73 Å². The molecule has 6 heteroatoms. The average molecular weight is 350 g/mol. The lowest BCUT2D eigenvalue weighted by molar-refractivity contribution is 0.246.